The van der Waals surface area contributed by atoms with Crippen molar-refractivity contribution in [1.29, 1.82) is 0 Å². The molecule has 0 amide bonds. The van der Waals surface area contributed by atoms with Crippen LogP contribution in [-0.2, 0) is 4.74 Å². The van der Waals surface area contributed by atoms with Crippen LogP contribution in [0.15, 0.2) is 58.3 Å². The average molecular weight is 384 g/mol. The Morgan fingerprint density at radius 3 is 2.27 bits per heavy atom. The Kier molecular flexibility index (Phi) is 3.68. The predicted molar refractivity (Wildman–Crippen MR) is 108 cm³/mol. The summed E-state index contributed by atoms with van der Waals surface area (Å²) in [6.07, 6.45) is 2.85. The third kappa shape index (κ3) is 2.39. The highest BCUT2D eigenvalue weighted by Crippen LogP contribution is 2.49. The number of anilines is 2. The second-order valence-corrected chi connectivity index (χ2v) is 9.65. The van der Waals surface area contributed by atoms with Crippen molar-refractivity contribution in [3.8, 4) is 0 Å². The third-order valence-electron chi connectivity index (χ3n) is 5.76. The van der Waals surface area contributed by atoms with Crippen molar-refractivity contribution < 1.29 is 4.74 Å². The van der Waals surface area contributed by atoms with Crippen molar-refractivity contribution in [2.24, 2.45) is 0 Å². The fraction of sp³-hybridized carbons (Fsp3) is 0.400. The van der Waals surface area contributed by atoms with Crippen molar-refractivity contribution in [1.82, 2.24) is 4.90 Å². The molecular formula is C20H21N3OS2. The summed E-state index contributed by atoms with van der Waals surface area (Å²) in [5.74, 6) is 0. The molecule has 2 aromatic carbocycles. The Morgan fingerprint density at radius 1 is 0.885 bits per heavy atom. The number of hydrogen-bond donors (Lipinski definition) is 2. The molecule has 2 fully saturated rings. The number of fused-ring (bicyclic) bond motifs is 3. The Hall–Kier alpha value is -1.34. The maximum absolute atomic E-state index is 6.61. The van der Waals surface area contributed by atoms with Crippen molar-refractivity contribution >= 4 is 34.9 Å². The highest BCUT2D eigenvalue weighted by Gasteiger charge is 2.53. The van der Waals surface area contributed by atoms with Gasteiger partial charge in [0.15, 0.2) is 0 Å². The molecule has 0 radical (unpaired) electrons. The summed E-state index contributed by atoms with van der Waals surface area (Å²) in [6, 6.07) is 17.6. The molecule has 4 heterocycles. The minimum Gasteiger partial charge on any atom is -0.371 e. The molecule has 0 aromatic heterocycles. The second-order valence-electron chi connectivity index (χ2n) is 7.28. The van der Waals surface area contributed by atoms with Crippen LogP contribution in [0.5, 0.6) is 0 Å². The quantitative estimate of drug-likeness (QED) is 0.807. The van der Waals surface area contributed by atoms with Gasteiger partial charge in [-0.15, -0.1) is 0 Å². The van der Waals surface area contributed by atoms with E-state index in [9.17, 15) is 0 Å². The minimum atomic E-state index is 0.178. The highest BCUT2D eigenvalue weighted by atomic mass is 32.2. The van der Waals surface area contributed by atoms with Gasteiger partial charge < -0.3 is 15.4 Å². The van der Waals surface area contributed by atoms with Crippen molar-refractivity contribution in [3.05, 3.63) is 48.5 Å². The smallest absolute Gasteiger partial charge is 0.111 e. The van der Waals surface area contributed by atoms with Gasteiger partial charge in [-0.3, -0.25) is 4.90 Å². The van der Waals surface area contributed by atoms with E-state index in [1.165, 1.54) is 27.6 Å². The van der Waals surface area contributed by atoms with Gasteiger partial charge >= 0.3 is 0 Å². The summed E-state index contributed by atoms with van der Waals surface area (Å²) in [4.78, 5) is 5.29. The summed E-state index contributed by atoms with van der Waals surface area (Å²) in [5.41, 5.74) is 2.51. The van der Waals surface area contributed by atoms with Crippen LogP contribution < -0.4 is 10.6 Å². The lowest BCUT2D eigenvalue weighted by molar-refractivity contribution is 0.0201. The molecular weight excluding hydrogens is 362 g/mol. The normalized spacial score (nSPS) is 34.8. The topological polar surface area (TPSA) is 36.5 Å². The second kappa shape index (κ2) is 6.09. The van der Waals surface area contributed by atoms with Gasteiger partial charge in [-0.05, 0) is 37.1 Å². The van der Waals surface area contributed by atoms with Crippen LogP contribution in [0.2, 0.25) is 0 Å². The van der Waals surface area contributed by atoms with E-state index >= 15 is 0 Å². The lowest BCUT2D eigenvalue weighted by Gasteiger charge is -2.32. The molecule has 2 aromatic rings. The van der Waals surface area contributed by atoms with Gasteiger partial charge in [-0.2, -0.15) is 0 Å². The molecule has 0 spiro atoms. The minimum absolute atomic E-state index is 0.178. The van der Waals surface area contributed by atoms with E-state index in [1.807, 2.05) is 23.5 Å². The number of nitrogens with one attached hydrogen (secondary N) is 2. The van der Waals surface area contributed by atoms with E-state index in [0.29, 0.717) is 11.4 Å². The molecule has 0 unspecified atom stereocenters. The van der Waals surface area contributed by atoms with Gasteiger partial charge in [0, 0.05) is 27.7 Å². The van der Waals surface area contributed by atoms with E-state index in [2.05, 4.69) is 64.1 Å². The van der Waals surface area contributed by atoms with Crippen LogP contribution >= 0.6 is 23.5 Å². The molecule has 26 heavy (non-hydrogen) atoms. The first kappa shape index (κ1) is 15.7. The summed E-state index contributed by atoms with van der Waals surface area (Å²) >= 11 is 3.88. The predicted octanol–water partition coefficient (Wildman–Crippen LogP) is 4.26. The third-order valence-corrected chi connectivity index (χ3v) is 8.27. The summed E-state index contributed by atoms with van der Waals surface area (Å²) in [6.45, 7) is 1.14. The van der Waals surface area contributed by atoms with Crippen LogP contribution in [-0.4, -0.2) is 40.6 Å². The Morgan fingerprint density at radius 2 is 1.54 bits per heavy atom. The zero-order valence-corrected chi connectivity index (χ0v) is 15.9. The van der Waals surface area contributed by atoms with Gasteiger partial charge in [-0.1, -0.05) is 47.8 Å². The number of para-hydroxylation sites is 2. The lowest BCUT2D eigenvalue weighted by atomic mass is 10.1. The van der Waals surface area contributed by atoms with E-state index in [-0.39, 0.29) is 17.7 Å². The standard InChI is InChI=1S/C20H21N3OS2/c1-3-8-14-12(6-1)21-19(25-14)17-18(24-16-10-5-11-23(16)17)20-22-13-7-2-4-9-15(13)26-20/h1-4,6-9,16-22H,5,10-11H2/t16-,17+,18+,19+,20+/m0/s1. The van der Waals surface area contributed by atoms with Gasteiger partial charge in [0.25, 0.3) is 0 Å². The molecule has 4 aliphatic rings. The van der Waals surface area contributed by atoms with Crippen molar-refractivity contribution in [2.45, 2.75) is 51.8 Å². The van der Waals surface area contributed by atoms with E-state index < -0.39 is 0 Å². The van der Waals surface area contributed by atoms with Gasteiger partial charge in [0.1, 0.15) is 17.7 Å². The molecule has 2 N–H and O–H groups in total. The zero-order valence-electron chi connectivity index (χ0n) is 14.3. The largest absolute Gasteiger partial charge is 0.371 e. The number of nitrogens with zero attached hydrogens (tertiary/aromatic N) is 1. The molecule has 6 rings (SSSR count). The first-order valence-electron chi connectivity index (χ1n) is 9.32. The van der Waals surface area contributed by atoms with Gasteiger partial charge in [-0.25, -0.2) is 0 Å². The van der Waals surface area contributed by atoms with E-state index in [1.54, 1.807) is 0 Å². The van der Waals surface area contributed by atoms with Gasteiger partial charge in [0.05, 0.1) is 11.4 Å². The monoisotopic (exact) mass is 383 g/mol. The molecule has 5 atom stereocenters. The van der Waals surface area contributed by atoms with Gasteiger partial charge in [0.2, 0.25) is 0 Å². The number of benzene rings is 2. The molecule has 134 valence electrons. The van der Waals surface area contributed by atoms with Crippen LogP contribution in [0, 0.1) is 0 Å². The van der Waals surface area contributed by atoms with Crippen molar-refractivity contribution in [2.75, 3.05) is 17.2 Å². The Bertz CT molecular complexity index is 797. The number of rotatable bonds is 2. The summed E-state index contributed by atoms with van der Waals surface area (Å²) in [7, 11) is 0. The molecule has 2 saturated heterocycles. The molecule has 0 bridgehead atoms. The van der Waals surface area contributed by atoms with Crippen molar-refractivity contribution in [3.63, 3.8) is 0 Å². The van der Waals surface area contributed by atoms with Crippen LogP contribution in [0.3, 0.4) is 0 Å². The SMILES string of the molecule is c1ccc2c(c1)N[C@@H]([C@@H]1O[C@H]3CCCN3[C@H]1[C@@H]1Nc3ccccc3S1)S2. The first-order valence-corrected chi connectivity index (χ1v) is 11.1. The summed E-state index contributed by atoms with van der Waals surface area (Å²) < 4.78 is 6.61. The number of ether oxygens (including phenoxy) is 1. The lowest BCUT2D eigenvalue weighted by Crippen LogP contribution is -2.49. The average Bonchev–Trinajstić information content (AvgIpc) is 3.41. The Labute approximate surface area is 162 Å². The fourth-order valence-electron chi connectivity index (χ4n) is 4.61. The Balaban J connectivity index is 1.30. The van der Waals surface area contributed by atoms with Crippen LogP contribution in [0.4, 0.5) is 11.4 Å². The van der Waals surface area contributed by atoms with Crippen LogP contribution in [0.1, 0.15) is 12.8 Å². The molecule has 6 heteroatoms. The molecule has 0 saturated carbocycles. The fourth-order valence-corrected chi connectivity index (χ4v) is 7.16. The van der Waals surface area contributed by atoms with E-state index in [0.717, 1.165) is 13.0 Å². The molecule has 4 nitrogen and oxygen atoms in total. The highest BCUT2D eigenvalue weighted by molar-refractivity contribution is 8.01. The maximum Gasteiger partial charge on any atom is 0.111 e. The number of hydrogen-bond acceptors (Lipinski definition) is 6. The molecule has 0 aliphatic carbocycles. The number of thioether (sulfide) groups is 2. The first-order chi connectivity index (χ1) is 12.9. The zero-order chi connectivity index (χ0) is 17.1. The van der Waals surface area contributed by atoms with Crippen LogP contribution in [0.25, 0.3) is 0 Å². The van der Waals surface area contributed by atoms with E-state index in [4.69, 9.17) is 4.74 Å². The molecule has 4 aliphatic heterocycles. The maximum atomic E-state index is 6.61. The summed E-state index contributed by atoms with van der Waals surface area (Å²) in [5, 5.41) is 8.09.